The Hall–Kier alpha value is -3.49. The Morgan fingerprint density at radius 2 is 2.07 bits per heavy atom. The number of amides is 1. The lowest BCUT2D eigenvalue weighted by Crippen LogP contribution is -2.45. The Morgan fingerprint density at radius 1 is 1.27 bits per heavy atom. The third-order valence-corrected chi connectivity index (χ3v) is 5.25. The Balaban J connectivity index is 1.49. The summed E-state index contributed by atoms with van der Waals surface area (Å²) in [5.74, 6) is -1.74. The maximum absolute atomic E-state index is 12.9. The number of carbonyl (C=O) groups is 3. The number of aromatic nitrogens is 2. The van der Waals surface area contributed by atoms with Crippen LogP contribution in [0.5, 0.6) is 0 Å². The summed E-state index contributed by atoms with van der Waals surface area (Å²) in [7, 11) is 0. The van der Waals surface area contributed by atoms with Crippen LogP contribution in [0.4, 0.5) is 6.01 Å². The first kappa shape index (κ1) is 19.8. The lowest BCUT2D eigenvalue weighted by molar-refractivity contribution is -0.143. The van der Waals surface area contributed by atoms with Gasteiger partial charge < -0.3 is 19.5 Å². The molecule has 9 heteroatoms. The number of piperidine rings is 1. The SMILES string of the molecule is CC(C)C(Nc1nnc(-c2coc3ccccc23)o1)C(=O)CC1CCNC(=O)C1=O. The van der Waals surface area contributed by atoms with Crippen molar-refractivity contribution in [2.24, 2.45) is 11.8 Å². The number of nitrogens with one attached hydrogen (secondary N) is 2. The van der Waals surface area contributed by atoms with Crippen molar-refractivity contribution in [2.75, 3.05) is 11.9 Å². The number of hydrogen-bond acceptors (Lipinski definition) is 8. The first-order chi connectivity index (χ1) is 14.4. The van der Waals surface area contributed by atoms with Gasteiger partial charge in [-0.25, -0.2) is 0 Å². The molecule has 4 rings (SSSR count). The fraction of sp³-hybridized carbons (Fsp3) is 0.381. The monoisotopic (exact) mass is 410 g/mol. The van der Waals surface area contributed by atoms with E-state index in [0.717, 1.165) is 5.39 Å². The number of nitrogens with zero attached hydrogens (tertiary/aromatic N) is 2. The van der Waals surface area contributed by atoms with E-state index in [0.29, 0.717) is 24.1 Å². The standard InChI is InChI=1S/C21H22N4O5/c1-11(2)17(15(26)9-12-7-8-22-19(28)18(12)27)23-21-25-24-20(30-21)14-10-29-16-6-4-3-5-13(14)16/h3-6,10-12,17H,7-9H2,1-2H3,(H,22,28)(H,23,25). The lowest BCUT2D eigenvalue weighted by atomic mass is 9.87. The van der Waals surface area contributed by atoms with Crippen molar-refractivity contribution in [3.63, 3.8) is 0 Å². The normalized spacial score (nSPS) is 17.9. The molecule has 3 heterocycles. The summed E-state index contributed by atoms with van der Waals surface area (Å²) in [6.07, 6.45) is 2.00. The minimum atomic E-state index is -0.628. The molecule has 0 radical (unpaired) electrons. The molecule has 0 spiro atoms. The second kappa shape index (κ2) is 8.10. The number of fused-ring (bicyclic) bond motifs is 1. The van der Waals surface area contributed by atoms with Crippen LogP contribution in [-0.2, 0) is 14.4 Å². The molecule has 3 aromatic rings. The lowest BCUT2D eigenvalue weighted by Gasteiger charge is -2.24. The third-order valence-electron chi connectivity index (χ3n) is 5.25. The van der Waals surface area contributed by atoms with Crippen molar-refractivity contribution in [2.45, 2.75) is 32.7 Å². The summed E-state index contributed by atoms with van der Waals surface area (Å²) in [6, 6.07) is 6.97. The van der Waals surface area contributed by atoms with E-state index in [1.807, 2.05) is 38.1 Å². The summed E-state index contributed by atoms with van der Waals surface area (Å²) in [5.41, 5.74) is 1.37. The van der Waals surface area contributed by atoms with E-state index in [-0.39, 0.29) is 30.0 Å². The van der Waals surface area contributed by atoms with E-state index in [9.17, 15) is 14.4 Å². The molecule has 0 bridgehead atoms. The van der Waals surface area contributed by atoms with Crippen molar-refractivity contribution >= 4 is 34.5 Å². The van der Waals surface area contributed by atoms with Gasteiger partial charge >= 0.3 is 6.01 Å². The van der Waals surface area contributed by atoms with Crippen LogP contribution in [-0.4, -0.2) is 40.3 Å². The number of ketones is 2. The van der Waals surface area contributed by atoms with Gasteiger partial charge in [0, 0.05) is 24.3 Å². The van der Waals surface area contributed by atoms with E-state index < -0.39 is 23.7 Å². The Bertz CT molecular complexity index is 1100. The Morgan fingerprint density at radius 3 is 2.87 bits per heavy atom. The molecule has 1 fully saturated rings. The molecule has 0 aliphatic carbocycles. The quantitative estimate of drug-likeness (QED) is 0.569. The highest BCUT2D eigenvalue weighted by molar-refractivity contribution is 6.37. The van der Waals surface area contributed by atoms with Gasteiger partial charge in [-0.1, -0.05) is 37.1 Å². The largest absolute Gasteiger partial charge is 0.463 e. The molecule has 9 nitrogen and oxygen atoms in total. The second-order valence-electron chi connectivity index (χ2n) is 7.70. The van der Waals surface area contributed by atoms with Crippen LogP contribution in [0, 0.1) is 11.8 Å². The maximum Gasteiger partial charge on any atom is 0.316 e. The van der Waals surface area contributed by atoms with Crippen LogP contribution in [0.3, 0.4) is 0 Å². The smallest absolute Gasteiger partial charge is 0.316 e. The van der Waals surface area contributed by atoms with E-state index in [1.165, 1.54) is 0 Å². The topological polar surface area (TPSA) is 127 Å². The van der Waals surface area contributed by atoms with Crippen molar-refractivity contribution in [3.05, 3.63) is 30.5 Å². The van der Waals surface area contributed by atoms with Crippen LogP contribution < -0.4 is 10.6 Å². The summed E-state index contributed by atoms with van der Waals surface area (Å²) >= 11 is 0. The first-order valence-electron chi connectivity index (χ1n) is 9.85. The fourth-order valence-corrected chi connectivity index (χ4v) is 3.61. The molecule has 1 aromatic carbocycles. The van der Waals surface area contributed by atoms with Gasteiger partial charge in [0.15, 0.2) is 5.78 Å². The van der Waals surface area contributed by atoms with E-state index >= 15 is 0 Å². The van der Waals surface area contributed by atoms with Gasteiger partial charge in [0.25, 0.3) is 11.8 Å². The summed E-state index contributed by atoms with van der Waals surface area (Å²) in [6.45, 7) is 4.16. The number of Topliss-reactive ketones (excluding diaryl/α,β-unsaturated/α-hetero) is 2. The number of hydrogen-bond donors (Lipinski definition) is 2. The van der Waals surface area contributed by atoms with Gasteiger partial charge in [-0.05, 0) is 18.4 Å². The summed E-state index contributed by atoms with van der Waals surface area (Å²) in [4.78, 5) is 36.4. The van der Waals surface area contributed by atoms with Crippen molar-refractivity contribution in [1.29, 1.82) is 0 Å². The average molecular weight is 410 g/mol. The molecule has 156 valence electrons. The molecular weight excluding hydrogens is 388 g/mol. The molecule has 2 aromatic heterocycles. The highest BCUT2D eigenvalue weighted by Gasteiger charge is 2.34. The zero-order valence-corrected chi connectivity index (χ0v) is 16.7. The predicted octanol–water partition coefficient (Wildman–Crippen LogP) is 2.58. The Labute approximate surface area is 172 Å². The number of benzene rings is 1. The molecule has 30 heavy (non-hydrogen) atoms. The first-order valence-corrected chi connectivity index (χ1v) is 9.85. The molecule has 2 N–H and O–H groups in total. The van der Waals surface area contributed by atoms with Gasteiger partial charge in [-0.15, -0.1) is 5.10 Å². The maximum atomic E-state index is 12.9. The van der Waals surface area contributed by atoms with Crippen LogP contribution >= 0.6 is 0 Å². The molecule has 1 aliphatic heterocycles. The number of carbonyl (C=O) groups excluding carboxylic acids is 3. The molecular formula is C21H22N4O5. The van der Waals surface area contributed by atoms with Crippen molar-refractivity contribution in [3.8, 4) is 11.5 Å². The molecule has 2 atom stereocenters. The highest BCUT2D eigenvalue weighted by atomic mass is 16.4. The van der Waals surface area contributed by atoms with Crippen LogP contribution in [0.1, 0.15) is 26.7 Å². The van der Waals surface area contributed by atoms with Gasteiger partial charge in [-0.3, -0.25) is 14.4 Å². The van der Waals surface area contributed by atoms with Crippen LogP contribution in [0.2, 0.25) is 0 Å². The predicted molar refractivity (Wildman–Crippen MR) is 108 cm³/mol. The summed E-state index contributed by atoms with van der Waals surface area (Å²) < 4.78 is 11.2. The minimum absolute atomic E-state index is 0.00450. The molecule has 1 saturated heterocycles. The number of anilines is 1. The number of furan rings is 1. The van der Waals surface area contributed by atoms with E-state index in [4.69, 9.17) is 8.83 Å². The zero-order chi connectivity index (χ0) is 21.3. The Kier molecular flexibility index (Phi) is 5.35. The van der Waals surface area contributed by atoms with Gasteiger partial charge in [-0.2, -0.15) is 0 Å². The molecule has 1 aliphatic rings. The fourth-order valence-electron chi connectivity index (χ4n) is 3.61. The van der Waals surface area contributed by atoms with Crippen LogP contribution in [0.25, 0.3) is 22.4 Å². The van der Waals surface area contributed by atoms with Gasteiger partial charge in [0.05, 0.1) is 11.6 Å². The second-order valence-corrected chi connectivity index (χ2v) is 7.70. The van der Waals surface area contributed by atoms with Crippen LogP contribution in [0.15, 0.2) is 39.4 Å². The minimum Gasteiger partial charge on any atom is -0.463 e. The molecule has 2 unspecified atom stereocenters. The van der Waals surface area contributed by atoms with E-state index in [2.05, 4.69) is 20.8 Å². The van der Waals surface area contributed by atoms with Gasteiger partial charge in [0.2, 0.25) is 5.78 Å². The molecule has 1 amide bonds. The molecule has 0 saturated carbocycles. The highest BCUT2D eigenvalue weighted by Crippen LogP contribution is 2.30. The van der Waals surface area contributed by atoms with Crippen molar-refractivity contribution < 1.29 is 23.2 Å². The number of para-hydroxylation sites is 1. The average Bonchev–Trinajstić information content (AvgIpc) is 3.36. The zero-order valence-electron chi connectivity index (χ0n) is 16.7. The summed E-state index contributed by atoms with van der Waals surface area (Å²) in [5, 5.41) is 14.4. The number of rotatable bonds is 7. The van der Waals surface area contributed by atoms with E-state index in [1.54, 1.807) is 6.26 Å². The van der Waals surface area contributed by atoms with Gasteiger partial charge in [0.1, 0.15) is 11.8 Å². The third kappa shape index (κ3) is 3.83. The van der Waals surface area contributed by atoms with Crippen molar-refractivity contribution in [1.82, 2.24) is 15.5 Å².